The van der Waals surface area contributed by atoms with Crippen LogP contribution in [0.1, 0.15) is 39.2 Å². The summed E-state index contributed by atoms with van der Waals surface area (Å²) in [6.07, 6.45) is 2.66. The Bertz CT molecular complexity index is 567. The minimum absolute atomic E-state index is 0.0410. The number of carbonyl (C=O) groups is 1. The number of rotatable bonds is 2. The lowest BCUT2D eigenvalue weighted by Gasteiger charge is -2.33. The second kappa shape index (κ2) is 6.65. The van der Waals surface area contributed by atoms with Crippen LogP contribution in [0.5, 0.6) is 5.88 Å². The molecule has 118 valence electrons. The van der Waals surface area contributed by atoms with Crippen molar-refractivity contribution in [2.75, 3.05) is 13.1 Å². The molecule has 1 aromatic rings. The van der Waals surface area contributed by atoms with Crippen LogP contribution >= 0.6 is 0 Å². The van der Waals surface area contributed by atoms with Crippen molar-refractivity contribution in [1.82, 2.24) is 9.88 Å². The highest BCUT2D eigenvalue weighted by molar-refractivity contribution is 5.68. The molecule has 0 spiro atoms. The van der Waals surface area contributed by atoms with Gasteiger partial charge in [-0.05, 0) is 32.9 Å². The maximum absolute atomic E-state index is 12.0. The van der Waals surface area contributed by atoms with Gasteiger partial charge in [0.2, 0.25) is 5.88 Å². The first-order chi connectivity index (χ1) is 10.4. The Labute approximate surface area is 130 Å². The van der Waals surface area contributed by atoms with Gasteiger partial charge in [0, 0.05) is 32.1 Å². The van der Waals surface area contributed by atoms with Crippen molar-refractivity contribution >= 4 is 6.09 Å². The Morgan fingerprint density at radius 1 is 1.41 bits per heavy atom. The van der Waals surface area contributed by atoms with Crippen molar-refractivity contribution in [3.63, 3.8) is 0 Å². The summed E-state index contributed by atoms with van der Waals surface area (Å²) in [6, 6.07) is 5.45. The summed E-state index contributed by atoms with van der Waals surface area (Å²) in [5.41, 5.74) is -0.0582. The Balaban J connectivity index is 1.88. The third-order valence-electron chi connectivity index (χ3n) is 3.26. The molecule has 1 saturated heterocycles. The summed E-state index contributed by atoms with van der Waals surface area (Å²) in [4.78, 5) is 17.8. The van der Waals surface area contributed by atoms with E-state index in [4.69, 9.17) is 14.7 Å². The molecule has 6 nitrogen and oxygen atoms in total. The predicted octanol–water partition coefficient (Wildman–Crippen LogP) is 2.73. The highest BCUT2D eigenvalue weighted by Gasteiger charge is 2.28. The number of amides is 1. The van der Waals surface area contributed by atoms with Gasteiger partial charge in [-0.15, -0.1) is 0 Å². The molecule has 0 aromatic carbocycles. The lowest BCUT2D eigenvalue weighted by atomic mass is 10.1. The summed E-state index contributed by atoms with van der Waals surface area (Å²) >= 11 is 0. The van der Waals surface area contributed by atoms with Crippen LogP contribution in [0.4, 0.5) is 4.79 Å². The summed E-state index contributed by atoms with van der Waals surface area (Å²) in [5.74, 6) is 0.362. The number of nitrogens with zero attached hydrogens (tertiary/aromatic N) is 3. The van der Waals surface area contributed by atoms with E-state index in [0.29, 0.717) is 37.4 Å². The van der Waals surface area contributed by atoms with Gasteiger partial charge in [-0.3, -0.25) is 0 Å². The van der Waals surface area contributed by atoms with E-state index in [2.05, 4.69) is 11.1 Å². The second-order valence-electron chi connectivity index (χ2n) is 6.25. The summed E-state index contributed by atoms with van der Waals surface area (Å²) in [5, 5.41) is 9.03. The van der Waals surface area contributed by atoms with E-state index in [0.717, 1.165) is 0 Å². The molecule has 0 N–H and O–H groups in total. The van der Waals surface area contributed by atoms with Gasteiger partial charge in [-0.1, -0.05) is 0 Å². The maximum atomic E-state index is 12.0. The Kier molecular flexibility index (Phi) is 4.86. The van der Waals surface area contributed by atoms with Crippen LogP contribution < -0.4 is 4.74 Å². The molecule has 0 bridgehead atoms. The third kappa shape index (κ3) is 4.35. The van der Waals surface area contributed by atoms with Crippen molar-refractivity contribution in [3.05, 3.63) is 23.9 Å². The fourth-order valence-electron chi connectivity index (χ4n) is 2.21. The van der Waals surface area contributed by atoms with E-state index in [-0.39, 0.29) is 12.2 Å². The van der Waals surface area contributed by atoms with Gasteiger partial charge in [0.05, 0.1) is 0 Å². The zero-order valence-electron chi connectivity index (χ0n) is 13.2. The van der Waals surface area contributed by atoms with Crippen molar-refractivity contribution in [2.45, 2.75) is 45.3 Å². The van der Waals surface area contributed by atoms with E-state index in [1.54, 1.807) is 23.2 Å². The van der Waals surface area contributed by atoms with Crippen molar-refractivity contribution in [2.24, 2.45) is 0 Å². The minimum atomic E-state index is -0.486. The van der Waals surface area contributed by atoms with Crippen molar-refractivity contribution < 1.29 is 14.3 Å². The fourth-order valence-corrected chi connectivity index (χ4v) is 2.21. The minimum Gasteiger partial charge on any atom is -0.473 e. The molecule has 6 heteroatoms. The molecule has 0 aliphatic carbocycles. The molecule has 0 radical (unpaired) electrons. The molecular weight excluding hydrogens is 282 g/mol. The number of hydrogen-bond acceptors (Lipinski definition) is 5. The molecular formula is C16H21N3O3. The van der Waals surface area contributed by atoms with E-state index in [1.165, 1.54) is 0 Å². The molecule has 1 aliphatic heterocycles. The average Bonchev–Trinajstić information content (AvgIpc) is 2.47. The first-order valence-electron chi connectivity index (χ1n) is 7.39. The molecule has 22 heavy (non-hydrogen) atoms. The molecule has 1 aliphatic rings. The van der Waals surface area contributed by atoms with E-state index in [9.17, 15) is 4.79 Å². The SMILES string of the molecule is CC(C)(C)OC(=O)N1CCC(Oc2ncccc2C#N)CC1. The third-order valence-corrected chi connectivity index (χ3v) is 3.26. The predicted molar refractivity (Wildman–Crippen MR) is 80.4 cm³/mol. The average molecular weight is 303 g/mol. The molecule has 0 atom stereocenters. The highest BCUT2D eigenvalue weighted by atomic mass is 16.6. The molecule has 2 rings (SSSR count). The molecule has 1 amide bonds. The van der Waals surface area contributed by atoms with Crippen LogP contribution in [-0.4, -0.2) is 40.8 Å². The standard InChI is InChI=1S/C16H21N3O3/c1-16(2,3)22-15(20)19-9-6-13(7-10-19)21-14-12(11-17)5-4-8-18-14/h4-5,8,13H,6-7,9-10H2,1-3H3. The number of aromatic nitrogens is 1. The number of nitriles is 1. The second-order valence-corrected chi connectivity index (χ2v) is 6.25. The van der Waals surface area contributed by atoms with Gasteiger partial charge in [0.15, 0.2) is 0 Å². The van der Waals surface area contributed by atoms with E-state index < -0.39 is 5.60 Å². The van der Waals surface area contributed by atoms with Crippen LogP contribution in [-0.2, 0) is 4.74 Å². The molecule has 1 aromatic heterocycles. The van der Waals surface area contributed by atoms with E-state index in [1.807, 2.05) is 20.8 Å². The number of ether oxygens (including phenoxy) is 2. The Morgan fingerprint density at radius 3 is 2.68 bits per heavy atom. The zero-order chi connectivity index (χ0) is 16.2. The van der Waals surface area contributed by atoms with Crippen LogP contribution in [0.2, 0.25) is 0 Å². The molecule has 0 saturated carbocycles. The summed E-state index contributed by atoms with van der Waals surface area (Å²) in [7, 11) is 0. The van der Waals surface area contributed by atoms with E-state index >= 15 is 0 Å². The number of piperidine rings is 1. The summed E-state index contributed by atoms with van der Waals surface area (Å²) < 4.78 is 11.2. The lowest BCUT2D eigenvalue weighted by molar-refractivity contribution is 0.0123. The number of pyridine rings is 1. The first kappa shape index (κ1) is 16.1. The maximum Gasteiger partial charge on any atom is 0.410 e. The topological polar surface area (TPSA) is 75.4 Å². The van der Waals surface area contributed by atoms with Crippen LogP contribution in [0.25, 0.3) is 0 Å². The first-order valence-corrected chi connectivity index (χ1v) is 7.39. The fraction of sp³-hybridized carbons (Fsp3) is 0.562. The zero-order valence-corrected chi connectivity index (χ0v) is 13.2. The molecule has 2 heterocycles. The van der Waals surface area contributed by atoms with Gasteiger partial charge in [-0.25, -0.2) is 9.78 Å². The van der Waals surface area contributed by atoms with Crippen LogP contribution in [0, 0.1) is 11.3 Å². The number of hydrogen-bond donors (Lipinski definition) is 0. The lowest BCUT2D eigenvalue weighted by Crippen LogP contribution is -2.44. The van der Waals surface area contributed by atoms with Crippen LogP contribution in [0.15, 0.2) is 18.3 Å². The largest absolute Gasteiger partial charge is 0.473 e. The van der Waals surface area contributed by atoms with Gasteiger partial charge in [0.1, 0.15) is 23.3 Å². The number of carbonyl (C=O) groups excluding carboxylic acids is 1. The Morgan fingerprint density at radius 2 is 2.09 bits per heavy atom. The summed E-state index contributed by atoms with van der Waals surface area (Å²) in [6.45, 7) is 6.71. The molecule has 1 fully saturated rings. The normalized spacial score (nSPS) is 16.0. The van der Waals surface area contributed by atoms with Gasteiger partial charge >= 0.3 is 6.09 Å². The van der Waals surface area contributed by atoms with Crippen molar-refractivity contribution in [3.8, 4) is 11.9 Å². The van der Waals surface area contributed by atoms with Gasteiger partial charge < -0.3 is 14.4 Å². The van der Waals surface area contributed by atoms with Crippen LogP contribution in [0.3, 0.4) is 0 Å². The van der Waals surface area contributed by atoms with Crippen molar-refractivity contribution in [1.29, 1.82) is 5.26 Å². The highest BCUT2D eigenvalue weighted by Crippen LogP contribution is 2.21. The number of likely N-dealkylation sites (tertiary alicyclic amines) is 1. The monoisotopic (exact) mass is 303 g/mol. The smallest absolute Gasteiger partial charge is 0.410 e. The Hall–Kier alpha value is -2.29. The van der Waals surface area contributed by atoms with Gasteiger partial charge in [0.25, 0.3) is 0 Å². The van der Waals surface area contributed by atoms with Gasteiger partial charge in [-0.2, -0.15) is 5.26 Å². The molecule has 0 unspecified atom stereocenters. The quantitative estimate of drug-likeness (QED) is 0.839.